The molecule has 0 heterocycles. The first-order chi connectivity index (χ1) is 4.95. The molecule has 0 bridgehead atoms. The van der Waals surface area contributed by atoms with Gasteiger partial charge in [-0.25, -0.2) is 4.79 Å². The van der Waals surface area contributed by atoms with Gasteiger partial charge in [-0.05, 0) is 13.8 Å². The van der Waals surface area contributed by atoms with Gasteiger partial charge in [0.15, 0.2) is 6.04 Å². The molecule has 0 aromatic rings. The number of nitrogens with two attached hydrogens (primary N) is 1. The fourth-order valence-electron chi connectivity index (χ4n) is 0.589. The molecule has 5 heteroatoms. The van der Waals surface area contributed by atoms with Crippen molar-refractivity contribution in [2.75, 3.05) is 0 Å². The molecule has 4 N–H and O–H groups in total. The van der Waals surface area contributed by atoms with Crippen LogP contribution in [0.3, 0.4) is 0 Å². The minimum atomic E-state index is -1.18. The maximum absolute atomic E-state index is 10.4. The summed E-state index contributed by atoms with van der Waals surface area (Å²) in [5, 5.41) is 17.4. The smallest absolute Gasteiger partial charge is 0.331 e. The minimum absolute atomic E-state index is 0.151. The van der Waals surface area contributed by atoms with Crippen LogP contribution in [0.4, 0.5) is 0 Å². The van der Waals surface area contributed by atoms with E-state index in [0.717, 1.165) is 0 Å². The lowest BCUT2D eigenvalue weighted by Crippen LogP contribution is -2.31. The van der Waals surface area contributed by atoms with Crippen LogP contribution in [-0.2, 0) is 4.79 Å². The molecule has 5 nitrogen and oxygen atoms in total. The molecule has 11 heavy (non-hydrogen) atoms. The summed E-state index contributed by atoms with van der Waals surface area (Å²) in [5.74, 6) is -1.02. The van der Waals surface area contributed by atoms with Crippen LogP contribution in [0.15, 0.2) is 4.99 Å². The number of carbonyl (C=O) groups is 1. The molecule has 64 valence electrons. The average Bonchev–Trinajstić information content (AvgIpc) is 1.81. The third-order valence-electron chi connectivity index (χ3n) is 1.05. The highest BCUT2D eigenvalue weighted by atomic mass is 16.4. The van der Waals surface area contributed by atoms with Crippen molar-refractivity contribution in [1.82, 2.24) is 0 Å². The van der Waals surface area contributed by atoms with Gasteiger partial charge in [-0.15, -0.1) is 0 Å². The molecule has 0 aliphatic heterocycles. The lowest BCUT2D eigenvalue weighted by atomic mass is 10.2. The quantitative estimate of drug-likeness (QED) is 0.372. The van der Waals surface area contributed by atoms with Gasteiger partial charge in [0.25, 0.3) is 0 Å². The van der Waals surface area contributed by atoms with Gasteiger partial charge in [-0.2, -0.15) is 0 Å². The third kappa shape index (κ3) is 3.57. The van der Waals surface area contributed by atoms with Crippen LogP contribution in [0.1, 0.15) is 13.8 Å². The monoisotopic (exact) mass is 160 g/mol. The van der Waals surface area contributed by atoms with Crippen LogP contribution in [-0.4, -0.2) is 34.2 Å². The molecule has 0 fully saturated rings. The third-order valence-corrected chi connectivity index (χ3v) is 1.05. The largest absolute Gasteiger partial charge is 0.480 e. The van der Waals surface area contributed by atoms with Gasteiger partial charge in [0.05, 0.1) is 11.9 Å². The first-order valence-corrected chi connectivity index (χ1v) is 3.16. The predicted molar refractivity (Wildman–Crippen MR) is 40.4 cm³/mol. The van der Waals surface area contributed by atoms with Gasteiger partial charge in [0.2, 0.25) is 0 Å². The van der Waals surface area contributed by atoms with Gasteiger partial charge in [0, 0.05) is 0 Å². The number of nitrogens with zero attached hydrogens (tertiary/aromatic N) is 1. The zero-order valence-electron chi connectivity index (χ0n) is 6.48. The van der Waals surface area contributed by atoms with Crippen LogP contribution in [0.5, 0.6) is 0 Å². The molecule has 0 radical (unpaired) electrons. The normalized spacial score (nSPS) is 17.5. The maximum atomic E-state index is 10.4. The fraction of sp³-hybridized carbons (Fsp3) is 0.667. The lowest BCUT2D eigenvalue weighted by molar-refractivity contribution is -0.140. The second-order valence-corrected chi connectivity index (χ2v) is 2.29. The molecule has 0 amide bonds. The van der Waals surface area contributed by atoms with Gasteiger partial charge >= 0.3 is 5.97 Å². The molecular formula is C6H12N2O3. The van der Waals surface area contributed by atoms with Gasteiger partial charge in [0.1, 0.15) is 0 Å². The molecule has 0 aliphatic carbocycles. The predicted octanol–water partition coefficient (Wildman–Crippen LogP) is -0.803. The first kappa shape index (κ1) is 9.90. The van der Waals surface area contributed by atoms with Crippen LogP contribution < -0.4 is 5.73 Å². The van der Waals surface area contributed by atoms with Gasteiger partial charge in [-0.1, -0.05) is 0 Å². The van der Waals surface area contributed by atoms with E-state index in [-0.39, 0.29) is 5.84 Å². The van der Waals surface area contributed by atoms with Crippen molar-refractivity contribution >= 4 is 11.8 Å². The Morgan fingerprint density at radius 2 is 2.09 bits per heavy atom. The van der Waals surface area contributed by atoms with Gasteiger partial charge < -0.3 is 15.9 Å². The highest BCUT2D eigenvalue weighted by Crippen LogP contribution is 1.98. The Bertz CT molecular complexity index is 173. The SMILES string of the molecule is CC(N)=NC(C(=O)O)C(C)O. The summed E-state index contributed by atoms with van der Waals surface area (Å²) >= 11 is 0. The summed E-state index contributed by atoms with van der Waals surface area (Å²) < 4.78 is 0. The van der Waals surface area contributed by atoms with Crippen molar-refractivity contribution in [3.05, 3.63) is 0 Å². The molecular weight excluding hydrogens is 148 g/mol. The minimum Gasteiger partial charge on any atom is -0.480 e. The molecule has 0 spiro atoms. The number of hydrogen-bond acceptors (Lipinski definition) is 3. The Hall–Kier alpha value is -1.10. The van der Waals surface area contributed by atoms with E-state index in [0.29, 0.717) is 0 Å². The number of aliphatic imine (C=N–C) groups is 1. The summed E-state index contributed by atoms with van der Waals surface area (Å²) in [4.78, 5) is 13.9. The zero-order chi connectivity index (χ0) is 9.02. The Morgan fingerprint density at radius 1 is 1.64 bits per heavy atom. The van der Waals surface area contributed by atoms with E-state index in [2.05, 4.69) is 4.99 Å². The molecule has 0 saturated heterocycles. The van der Waals surface area contributed by atoms with Crippen molar-refractivity contribution < 1.29 is 15.0 Å². The van der Waals surface area contributed by atoms with Crippen LogP contribution >= 0.6 is 0 Å². The first-order valence-electron chi connectivity index (χ1n) is 3.16. The van der Waals surface area contributed by atoms with Crippen LogP contribution in [0.2, 0.25) is 0 Å². The van der Waals surface area contributed by atoms with Crippen LogP contribution in [0.25, 0.3) is 0 Å². The van der Waals surface area contributed by atoms with E-state index >= 15 is 0 Å². The summed E-state index contributed by atoms with van der Waals surface area (Å²) in [6.45, 7) is 2.82. The summed E-state index contributed by atoms with van der Waals surface area (Å²) in [6, 6.07) is -1.15. The van der Waals surface area contributed by atoms with Crippen molar-refractivity contribution in [2.45, 2.75) is 26.0 Å². The Kier molecular flexibility index (Phi) is 3.53. The number of amidine groups is 1. The van der Waals surface area contributed by atoms with E-state index in [1.807, 2.05) is 0 Å². The molecule has 0 saturated carbocycles. The number of rotatable bonds is 3. The number of hydrogen-bond donors (Lipinski definition) is 3. The van der Waals surface area contributed by atoms with Gasteiger partial charge in [-0.3, -0.25) is 4.99 Å². The molecule has 0 aliphatic rings. The fourth-order valence-corrected chi connectivity index (χ4v) is 0.589. The number of carboxylic acids is 1. The Morgan fingerprint density at radius 3 is 2.18 bits per heavy atom. The summed E-state index contributed by atoms with van der Waals surface area (Å²) in [6.07, 6.45) is -1.02. The van der Waals surface area contributed by atoms with Crippen molar-refractivity contribution in [3.8, 4) is 0 Å². The molecule has 2 atom stereocenters. The second kappa shape index (κ2) is 3.92. The molecule has 2 unspecified atom stereocenters. The highest BCUT2D eigenvalue weighted by Gasteiger charge is 2.21. The van der Waals surface area contributed by atoms with E-state index in [1.165, 1.54) is 13.8 Å². The van der Waals surface area contributed by atoms with E-state index in [9.17, 15) is 4.79 Å². The molecule has 0 aromatic heterocycles. The second-order valence-electron chi connectivity index (χ2n) is 2.29. The number of aliphatic hydroxyl groups excluding tert-OH is 1. The van der Waals surface area contributed by atoms with Crippen molar-refractivity contribution in [2.24, 2.45) is 10.7 Å². The Labute approximate surface area is 64.5 Å². The summed E-state index contributed by atoms with van der Waals surface area (Å²) in [7, 11) is 0. The van der Waals surface area contributed by atoms with Crippen molar-refractivity contribution in [3.63, 3.8) is 0 Å². The van der Waals surface area contributed by atoms with Crippen LogP contribution in [0, 0.1) is 0 Å². The van der Waals surface area contributed by atoms with E-state index in [1.54, 1.807) is 0 Å². The molecule has 0 rings (SSSR count). The average molecular weight is 160 g/mol. The number of aliphatic hydroxyl groups is 1. The molecule has 0 aromatic carbocycles. The number of carboxylic acid groups (broad SMARTS) is 1. The highest BCUT2D eigenvalue weighted by molar-refractivity contribution is 5.82. The Balaban J connectivity index is 4.36. The lowest BCUT2D eigenvalue weighted by Gasteiger charge is -2.09. The maximum Gasteiger partial charge on any atom is 0.331 e. The standard InChI is InChI=1S/C6H12N2O3/c1-3(9)5(6(10)11)8-4(2)7/h3,5,9H,1-2H3,(H2,7,8)(H,10,11). The van der Waals surface area contributed by atoms with Crippen molar-refractivity contribution in [1.29, 1.82) is 0 Å². The zero-order valence-corrected chi connectivity index (χ0v) is 6.48. The topological polar surface area (TPSA) is 95.9 Å². The van der Waals surface area contributed by atoms with E-state index < -0.39 is 18.1 Å². The number of aliphatic carboxylic acids is 1. The van der Waals surface area contributed by atoms with E-state index in [4.69, 9.17) is 15.9 Å². The summed E-state index contributed by atoms with van der Waals surface area (Å²) in [5.41, 5.74) is 5.14.